The van der Waals surface area contributed by atoms with Crippen molar-refractivity contribution >= 4 is 11.9 Å². The Kier molecular flexibility index (Phi) is 4.97. The van der Waals surface area contributed by atoms with Crippen LogP contribution in [0.2, 0.25) is 0 Å². The zero-order valence-electron chi connectivity index (χ0n) is 14.6. The highest BCUT2D eigenvalue weighted by Gasteiger charge is 2.25. The van der Waals surface area contributed by atoms with E-state index in [0.29, 0.717) is 49.8 Å². The number of rotatable bonds is 4. The molecule has 0 radical (unpaired) electrons. The van der Waals surface area contributed by atoms with E-state index >= 15 is 0 Å². The molecule has 2 aromatic rings. The number of nitrogens with zero attached hydrogens (tertiary/aromatic N) is 5. The van der Waals surface area contributed by atoms with Crippen molar-refractivity contribution in [3.8, 4) is 0 Å². The molecule has 10 heteroatoms. The summed E-state index contributed by atoms with van der Waals surface area (Å²) in [5.74, 6) is 0.160. The number of carbonyl (C=O) groups excluding carboxylic acids is 1. The topological polar surface area (TPSA) is 85.2 Å². The maximum atomic E-state index is 12.9. The number of carbonyl (C=O) groups is 1. The van der Waals surface area contributed by atoms with Crippen molar-refractivity contribution in [3.63, 3.8) is 0 Å². The minimum atomic E-state index is -2.84. The Hall–Kier alpha value is -2.62. The van der Waals surface area contributed by atoms with Crippen LogP contribution in [0, 0.1) is 0 Å². The Morgan fingerprint density at radius 2 is 2.15 bits per heavy atom. The molecule has 2 aliphatic heterocycles. The number of aromatic nitrogens is 4. The highest BCUT2D eigenvalue weighted by Crippen LogP contribution is 2.21. The summed E-state index contributed by atoms with van der Waals surface area (Å²) < 4.78 is 31.5. The fourth-order valence-corrected chi connectivity index (χ4v) is 3.40. The second kappa shape index (κ2) is 7.55. The average Bonchev–Trinajstić information content (AvgIpc) is 3.19. The molecule has 8 nitrogen and oxygen atoms in total. The van der Waals surface area contributed by atoms with Gasteiger partial charge in [0.15, 0.2) is 0 Å². The van der Waals surface area contributed by atoms with Gasteiger partial charge in [-0.25, -0.2) is 9.97 Å². The minimum Gasteiger partial charge on any atom is -0.376 e. The van der Waals surface area contributed by atoms with Crippen LogP contribution < -0.4 is 10.2 Å². The van der Waals surface area contributed by atoms with E-state index in [2.05, 4.69) is 25.3 Å². The van der Waals surface area contributed by atoms with Gasteiger partial charge in [0.1, 0.15) is 5.69 Å². The molecule has 0 aliphatic carbocycles. The summed E-state index contributed by atoms with van der Waals surface area (Å²) in [6, 6.07) is 1.21. The number of anilines is 1. The van der Waals surface area contributed by atoms with Crippen molar-refractivity contribution in [2.24, 2.45) is 0 Å². The normalized spacial score (nSPS) is 17.8. The van der Waals surface area contributed by atoms with Crippen molar-refractivity contribution in [3.05, 3.63) is 35.4 Å². The maximum absolute atomic E-state index is 12.9. The van der Waals surface area contributed by atoms with E-state index in [0.717, 1.165) is 17.7 Å². The molecule has 27 heavy (non-hydrogen) atoms. The van der Waals surface area contributed by atoms with E-state index in [9.17, 15) is 13.6 Å². The van der Waals surface area contributed by atoms with Gasteiger partial charge < -0.3 is 15.0 Å². The predicted octanol–water partition coefficient (Wildman–Crippen LogP) is 1.54. The third-order valence-electron chi connectivity index (χ3n) is 4.88. The number of piperidine rings is 1. The number of amides is 1. The monoisotopic (exact) mass is 378 g/mol. The van der Waals surface area contributed by atoms with E-state index in [-0.39, 0.29) is 11.7 Å². The van der Waals surface area contributed by atoms with Crippen LogP contribution in [0.4, 0.5) is 14.7 Å². The van der Waals surface area contributed by atoms with Crippen LogP contribution in [-0.4, -0.2) is 51.4 Å². The number of hydrogen-bond donors (Lipinski definition) is 1. The smallest absolute Gasteiger partial charge is 0.333 e. The first kappa shape index (κ1) is 17.8. The van der Waals surface area contributed by atoms with Gasteiger partial charge in [-0.1, -0.05) is 0 Å². The molecule has 0 aromatic carbocycles. The van der Waals surface area contributed by atoms with E-state index < -0.39 is 12.5 Å². The molecule has 2 aromatic heterocycles. The molecular formula is C17H20F2N6O2. The van der Waals surface area contributed by atoms with Crippen molar-refractivity contribution in [1.82, 2.24) is 25.1 Å². The summed E-state index contributed by atoms with van der Waals surface area (Å²) >= 11 is 0. The fourth-order valence-electron chi connectivity index (χ4n) is 3.40. The van der Waals surface area contributed by atoms with Crippen LogP contribution in [0.25, 0.3) is 0 Å². The predicted molar refractivity (Wildman–Crippen MR) is 91.6 cm³/mol. The van der Waals surface area contributed by atoms with Gasteiger partial charge in [-0.15, -0.1) is 0 Å². The van der Waals surface area contributed by atoms with Crippen LogP contribution in [0.1, 0.15) is 41.1 Å². The van der Waals surface area contributed by atoms with Crippen LogP contribution in [0.5, 0.6) is 0 Å². The molecule has 0 saturated carbocycles. The van der Waals surface area contributed by atoms with E-state index in [1.165, 1.54) is 12.3 Å². The molecule has 1 saturated heterocycles. The molecule has 0 bridgehead atoms. The first-order chi connectivity index (χ1) is 13.1. The Morgan fingerprint density at radius 1 is 1.33 bits per heavy atom. The fraction of sp³-hybridized carbons (Fsp3) is 0.529. The minimum absolute atomic E-state index is 0.0826. The van der Waals surface area contributed by atoms with Crippen LogP contribution in [0.3, 0.4) is 0 Å². The van der Waals surface area contributed by atoms with E-state index in [4.69, 9.17) is 4.74 Å². The lowest BCUT2D eigenvalue weighted by Crippen LogP contribution is -2.45. The number of halogens is 2. The Labute approximate surface area is 154 Å². The Balaban J connectivity index is 1.35. The van der Waals surface area contributed by atoms with E-state index in [1.54, 1.807) is 0 Å². The first-order valence-corrected chi connectivity index (χ1v) is 8.92. The van der Waals surface area contributed by atoms with Gasteiger partial charge in [0.25, 0.3) is 5.91 Å². The molecule has 1 amide bonds. The SMILES string of the molecule is O=C(NC1CCN(c2ncc3c(n2)CCOC3)CC1)c1ccnn1C(F)F. The molecule has 0 unspecified atom stereocenters. The van der Waals surface area contributed by atoms with Gasteiger partial charge in [0, 0.05) is 43.5 Å². The van der Waals surface area contributed by atoms with E-state index in [1.807, 2.05) is 6.20 Å². The lowest BCUT2D eigenvalue weighted by molar-refractivity contribution is 0.0506. The van der Waals surface area contributed by atoms with Crippen LogP contribution in [0.15, 0.2) is 18.5 Å². The van der Waals surface area contributed by atoms with Gasteiger partial charge >= 0.3 is 6.55 Å². The number of alkyl halides is 2. The second-order valence-electron chi connectivity index (χ2n) is 6.62. The zero-order chi connectivity index (χ0) is 18.8. The third kappa shape index (κ3) is 3.75. The maximum Gasteiger partial charge on any atom is 0.333 e. The molecule has 144 valence electrons. The Bertz CT molecular complexity index is 820. The molecular weight excluding hydrogens is 358 g/mol. The molecule has 4 rings (SSSR count). The summed E-state index contributed by atoms with van der Waals surface area (Å²) in [4.78, 5) is 23.4. The van der Waals surface area contributed by atoms with Crippen molar-refractivity contribution in [2.75, 3.05) is 24.6 Å². The van der Waals surface area contributed by atoms with Crippen molar-refractivity contribution in [2.45, 2.75) is 38.5 Å². The van der Waals surface area contributed by atoms with Gasteiger partial charge in [0.2, 0.25) is 5.95 Å². The molecule has 1 fully saturated rings. The lowest BCUT2D eigenvalue weighted by Gasteiger charge is -2.32. The largest absolute Gasteiger partial charge is 0.376 e. The second-order valence-corrected chi connectivity index (χ2v) is 6.62. The molecule has 1 N–H and O–H groups in total. The van der Waals surface area contributed by atoms with Gasteiger partial charge in [-0.3, -0.25) is 4.79 Å². The van der Waals surface area contributed by atoms with Gasteiger partial charge in [-0.2, -0.15) is 18.6 Å². The molecule has 4 heterocycles. The number of hydrogen-bond acceptors (Lipinski definition) is 6. The highest BCUT2D eigenvalue weighted by molar-refractivity contribution is 5.92. The molecule has 0 atom stereocenters. The summed E-state index contributed by atoms with van der Waals surface area (Å²) in [5, 5.41) is 6.31. The number of fused-ring (bicyclic) bond motifs is 1. The summed E-state index contributed by atoms with van der Waals surface area (Å²) in [7, 11) is 0. The number of nitrogens with one attached hydrogen (secondary N) is 1. The summed E-state index contributed by atoms with van der Waals surface area (Å²) in [6.07, 6.45) is 5.18. The average molecular weight is 378 g/mol. The van der Waals surface area contributed by atoms with Gasteiger partial charge in [0.05, 0.1) is 18.9 Å². The number of ether oxygens (including phenoxy) is 1. The van der Waals surface area contributed by atoms with Crippen LogP contribution >= 0.6 is 0 Å². The lowest BCUT2D eigenvalue weighted by atomic mass is 10.1. The van der Waals surface area contributed by atoms with Crippen molar-refractivity contribution in [1.29, 1.82) is 0 Å². The van der Waals surface area contributed by atoms with Crippen LogP contribution in [-0.2, 0) is 17.8 Å². The highest BCUT2D eigenvalue weighted by atomic mass is 19.3. The van der Waals surface area contributed by atoms with Gasteiger partial charge in [-0.05, 0) is 18.9 Å². The first-order valence-electron chi connectivity index (χ1n) is 8.92. The molecule has 2 aliphatic rings. The summed E-state index contributed by atoms with van der Waals surface area (Å²) in [6.45, 7) is -0.233. The third-order valence-corrected chi connectivity index (χ3v) is 4.88. The molecule has 0 spiro atoms. The standard InChI is InChI=1S/C17H20F2N6O2/c18-16(19)25-14(1-5-21-25)15(26)22-12-2-6-24(7-3-12)17-20-9-11-10-27-8-4-13(11)23-17/h1,5,9,12,16H,2-4,6-8,10H2,(H,22,26). The van der Waals surface area contributed by atoms with Crippen molar-refractivity contribution < 1.29 is 18.3 Å². The zero-order valence-corrected chi connectivity index (χ0v) is 14.6. The summed E-state index contributed by atoms with van der Waals surface area (Å²) in [5.41, 5.74) is 1.93. The quantitative estimate of drug-likeness (QED) is 0.869. The Morgan fingerprint density at radius 3 is 2.93 bits per heavy atom.